The number of rotatable bonds is 1. The number of halogens is 1. The molecule has 1 heterocycles. The third kappa shape index (κ3) is 2.43. The van der Waals surface area contributed by atoms with Crippen LogP contribution in [0.4, 0.5) is 5.69 Å². The zero-order chi connectivity index (χ0) is 13.3. The van der Waals surface area contributed by atoms with Gasteiger partial charge in [-0.05, 0) is 18.2 Å². The third-order valence-corrected chi connectivity index (χ3v) is 2.74. The van der Waals surface area contributed by atoms with Crippen LogP contribution in [0.25, 0.3) is 0 Å². The van der Waals surface area contributed by atoms with Gasteiger partial charge in [0.05, 0.1) is 17.1 Å². The predicted octanol–water partition coefficient (Wildman–Crippen LogP) is 0.480. The van der Waals surface area contributed by atoms with Crippen molar-refractivity contribution in [2.45, 2.75) is 0 Å². The third-order valence-electron chi connectivity index (χ3n) is 2.42. The first kappa shape index (κ1) is 12.4. The van der Waals surface area contributed by atoms with E-state index in [9.17, 15) is 9.59 Å². The Morgan fingerprint density at radius 3 is 2.83 bits per heavy atom. The molecule has 7 heteroatoms. The van der Waals surface area contributed by atoms with Gasteiger partial charge in [-0.3, -0.25) is 14.9 Å². The van der Waals surface area contributed by atoms with Crippen LogP contribution in [-0.2, 0) is 4.79 Å². The molecule has 0 aromatic heterocycles. The van der Waals surface area contributed by atoms with Gasteiger partial charge in [0.2, 0.25) is 11.9 Å². The van der Waals surface area contributed by atoms with E-state index in [-0.39, 0.29) is 29.0 Å². The molecule has 0 unspecified atom stereocenters. The van der Waals surface area contributed by atoms with E-state index >= 15 is 0 Å². The Morgan fingerprint density at radius 2 is 2.28 bits per heavy atom. The van der Waals surface area contributed by atoms with Gasteiger partial charge in [-0.15, -0.1) is 0 Å². The van der Waals surface area contributed by atoms with Gasteiger partial charge in [-0.25, -0.2) is 0 Å². The molecule has 6 nitrogen and oxygen atoms in total. The van der Waals surface area contributed by atoms with Crippen LogP contribution in [0.3, 0.4) is 0 Å². The van der Waals surface area contributed by atoms with Crippen LogP contribution in [0.15, 0.2) is 23.2 Å². The topological polar surface area (TPSA) is 87.8 Å². The quantitative estimate of drug-likeness (QED) is 0.724. The van der Waals surface area contributed by atoms with Crippen molar-refractivity contribution in [1.82, 2.24) is 10.2 Å². The van der Waals surface area contributed by atoms with Crippen LogP contribution in [-0.4, -0.2) is 36.3 Å². The molecule has 0 saturated carbocycles. The van der Waals surface area contributed by atoms with Crippen LogP contribution >= 0.6 is 11.6 Å². The lowest BCUT2D eigenvalue weighted by atomic mass is 10.2. The van der Waals surface area contributed by atoms with Crippen molar-refractivity contribution in [2.24, 2.45) is 4.99 Å². The molecule has 1 fully saturated rings. The number of aliphatic imine (C=N–C) groups is 1. The Morgan fingerprint density at radius 1 is 1.56 bits per heavy atom. The second-order valence-electron chi connectivity index (χ2n) is 3.88. The zero-order valence-electron chi connectivity index (χ0n) is 9.61. The van der Waals surface area contributed by atoms with Crippen molar-refractivity contribution >= 4 is 35.1 Å². The second-order valence-corrected chi connectivity index (χ2v) is 4.29. The lowest BCUT2D eigenvalue weighted by molar-refractivity contribution is -0.118. The average molecular weight is 267 g/mol. The van der Waals surface area contributed by atoms with Crippen LogP contribution in [0.5, 0.6) is 0 Å². The molecule has 2 amide bonds. The lowest BCUT2D eigenvalue weighted by Gasteiger charge is -2.08. The molecule has 18 heavy (non-hydrogen) atoms. The first-order valence-corrected chi connectivity index (χ1v) is 5.54. The molecule has 1 aromatic rings. The highest BCUT2D eigenvalue weighted by Crippen LogP contribution is 2.20. The predicted molar refractivity (Wildman–Crippen MR) is 68.4 cm³/mol. The van der Waals surface area contributed by atoms with Crippen molar-refractivity contribution in [1.29, 1.82) is 0 Å². The molecular weight excluding hydrogens is 256 g/mol. The summed E-state index contributed by atoms with van der Waals surface area (Å²) in [4.78, 5) is 28.4. The molecule has 0 bridgehead atoms. The Kier molecular flexibility index (Phi) is 3.20. The Bertz CT molecular complexity index is 556. The van der Waals surface area contributed by atoms with E-state index in [1.165, 1.54) is 12.1 Å². The molecule has 1 aromatic carbocycles. The minimum absolute atomic E-state index is 0.182. The van der Waals surface area contributed by atoms with E-state index in [2.05, 4.69) is 10.3 Å². The summed E-state index contributed by atoms with van der Waals surface area (Å²) in [5, 5.41) is 2.72. The van der Waals surface area contributed by atoms with Gasteiger partial charge in [-0.2, -0.15) is 4.99 Å². The zero-order valence-corrected chi connectivity index (χ0v) is 10.4. The smallest absolute Gasteiger partial charge is 0.281 e. The number of nitrogens with one attached hydrogen (secondary N) is 1. The number of amides is 2. The van der Waals surface area contributed by atoms with E-state index in [0.29, 0.717) is 5.69 Å². The normalized spacial score (nSPS) is 17.1. The van der Waals surface area contributed by atoms with E-state index < -0.39 is 5.91 Å². The highest BCUT2D eigenvalue weighted by atomic mass is 35.5. The molecule has 3 N–H and O–H groups in total. The summed E-state index contributed by atoms with van der Waals surface area (Å²) in [7, 11) is 1.66. The molecule has 94 valence electrons. The standard InChI is InChI=1S/C11H11ClN4O2/c1-16-5-9(17)14-11(16)15-10(18)7-3-2-6(13)4-8(7)12/h2-4H,5,13H2,1H3,(H,14,15,17,18). The summed E-state index contributed by atoms with van der Waals surface area (Å²) in [6.07, 6.45) is 0. The number of nitrogens with zero attached hydrogens (tertiary/aromatic N) is 2. The minimum atomic E-state index is -0.524. The number of hydrogen-bond acceptors (Lipinski definition) is 3. The van der Waals surface area contributed by atoms with Gasteiger partial charge < -0.3 is 10.6 Å². The van der Waals surface area contributed by atoms with Gasteiger partial charge in [-0.1, -0.05) is 11.6 Å². The van der Waals surface area contributed by atoms with Gasteiger partial charge in [0.15, 0.2) is 0 Å². The lowest BCUT2D eigenvalue weighted by Crippen LogP contribution is -2.28. The fraction of sp³-hybridized carbons (Fsp3) is 0.182. The summed E-state index contributed by atoms with van der Waals surface area (Å²) in [5.74, 6) is -0.505. The van der Waals surface area contributed by atoms with Gasteiger partial charge in [0, 0.05) is 12.7 Å². The molecular formula is C11H11ClN4O2. The fourth-order valence-corrected chi connectivity index (χ4v) is 1.79. The summed E-state index contributed by atoms with van der Waals surface area (Å²) < 4.78 is 0. The monoisotopic (exact) mass is 266 g/mol. The number of nitrogen functional groups attached to an aromatic ring is 1. The molecule has 1 aliphatic rings. The molecule has 1 aliphatic heterocycles. The van der Waals surface area contributed by atoms with Crippen LogP contribution in [0.1, 0.15) is 10.4 Å². The number of anilines is 1. The largest absolute Gasteiger partial charge is 0.399 e. The second kappa shape index (κ2) is 4.66. The molecule has 1 saturated heterocycles. The maximum atomic E-state index is 11.9. The summed E-state index contributed by atoms with van der Waals surface area (Å²) in [6.45, 7) is 0.182. The number of hydrogen-bond donors (Lipinski definition) is 2. The number of benzene rings is 1. The van der Waals surface area contributed by atoms with E-state index in [1.54, 1.807) is 18.0 Å². The maximum Gasteiger partial charge on any atom is 0.281 e. The van der Waals surface area contributed by atoms with Gasteiger partial charge >= 0.3 is 0 Å². The number of guanidine groups is 1. The molecule has 0 spiro atoms. The maximum absolute atomic E-state index is 11.9. The number of nitrogens with two attached hydrogens (primary N) is 1. The Labute approximate surface area is 108 Å². The fourth-order valence-electron chi connectivity index (χ4n) is 1.52. The van der Waals surface area contributed by atoms with E-state index in [0.717, 1.165) is 0 Å². The number of carbonyl (C=O) groups excluding carboxylic acids is 2. The van der Waals surface area contributed by atoms with Crippen molar-refractivity contribution in [3.8, 4) is 0 Å². The minimum Gasteiger partial charge on any atom is -0.399 e. The molecule has 0 radical (unpaired) electrons. The molecule has 2 rings (SSSR count). The average Bonchev–Trinajstić information content (AvgIpc) is 2.57. The van der Waals surface area contributed by atoms with Crippen molar-refractivity contribution < 1.29 is 9.59 Å². The van der Waals surface area contributed by atoms with Crippen LogP contribution in [0, 0.1) is 0 Å². The molecule has 0 atom stereocenters. The first-order chi connectivity index (χ1) is 8.47. The van der Waals surface area contributed by atoms with E-state index in [4.69, 9.17) is 17.3 Å². The summed E-state index contributed by atoms with van der Waals surface area (Å²) >= 11 is 5.90. The van der Waals surface area contributed by atoms with Crippen LogP contribution in [0.2, 0.25) is 5.02 Å². The number of carbonyl (C=O) groups is 2. The Hall–Kier alpha value is -2.08. The number of likely N-dealkylation sites (N-methyl/N-ethyl adjacent to an activating group) is 1. The van der Waals surface area contributed by atoms with Crippen molar-refractivity contribution in [3.63, 3.8) is 0 Å². The van der Waals surface area contributed by atoms with Crippen molar-refractivity contribution in [3.05, 3.63) is 28.8 Å². The van der Waals surface area contributed by atoms with Gasteiger partial charge in [0.1, 0.15) is 0 Å². The first-order valence-electron chi connectivity index (χ1n) is 5.16. The SMILES string of the molecule is CN1CC(=O)NC1=NC(=O)c1ccc(N)cc1Cl. The molecule has 0 aliphatic carbocycles. The Balaban J connectivity index is 2.27. The summed E-state index contributed by atoms with van der Waals surface area (Å²) in [6, 6.07) is 4.54. The summed E-state index contributed by atoms with van der Waals surface area (Å²) in [5.41, 5.74) is 6.25. The van der Waals surface area contributed by atoms with E-state index in [1.807, 2.05) is 0 Å². The van der Waals surface area contributed by atoms with Crippen LogP contribution < -0.4 is 11.1 Å². The highest BCUT2D eigenvalue weighted by molar-refractivity contribution is 6.34. The van der Waals surface area contributed by atoms with Gasteiger partial charge in [0.25, 0.3) is 5.91 Å². The highest BCUT2D eigenvalue weighted by Gasteiger charge is 2.23. The van der Waals surface area contributed by atoms with Crippen molar-refractivity contribution in [2.75, 3.05) is 19.3 Å².